The summed E-state index contributed by atoms with van der Waals surface area (Å²) in [6, 6.07) is 12.3. The molecule has 0 aliphatic carbocycles. The molecule has 9 heteroatoms. The number of hydrogen-bond acceptors (Lipinski definition) is 5. The molecule has 2 N–H and O–H groups in total. The normalized spacial score (nSPS) is 10.9. The minimum Gasteiger partial charge on any atom is -0.486 e. The van der Waals surface area contributed by atoms with Gasteiger partial charge >= 0.3 is 0 Å². The Kier molecular flexibility index (Phi) is 6.75. The zero-order valence-corrected chi connectivity index (χ0v) is 16.3. The van der Waals surface area contributed by atoms with E-state index < -0.39 is 0 Å². The number of furan rings is 2. The SMILES string of the molecule is S=C(NCc1ccco1)N/N=C/c1ccc(COc2ccc(Cl)c(Cl)c2)o1. The Balaban J connectivity index is 1.43. The maximum atomic E-state index is 5.95. The molecule has 0 unspecified atom stereocenters. The van der Waals surface area contributed by atoms with Crippen LogP contribution in [0.25, 0.3) is 0 Å². The molecule has 27 heavy (non-hydrogen) atoms. The van der Waals surface area contributed by atoms with E-state index in [0.717, 1.165) is 5.76 Å². The molecular weight excluding hydrogens is 409 g/mol. The highest BCUT2D eigenvalue weighted by molar-refractivity contribution is 7.80. The van der Waals surface area contributed by atoms with Gasteiger partial charge in [0.2, 0.25) is 0 Å². The molecule has 0 radical (unpaired) electrons. The first-order valence-electron chi connectivity index (χ1n) is 7.86. The number of halogens is 2. The van der Waals surface area contributed by atoms with Crippen LogP contribution in [0.3, 0.4) is 0 Å². The van der Waals surface area contributed by atoms with Crippen LogP contribution in [0, 0.1) is 0 Å². The average Bonchev–Trinajstić information content (AvgIpc) is 3.33. The predicted octanol–water partition coefficient (Wildman–Crippen LogP) is 4.76. The van der Waals surface area contributed by atoms with E-state index in [2.05, 4.69) is 15.8 Å². The van der Waals surface area contributed by atoms with Crippen LogP contribution >= 0.6 is 35.4 Å². The summed E-state index contributed by atoms with van der Waals surface area (Å²) < 4.78 is 16.4. The molecule has 0 amide bonds. The molecule has 2 heterocycles. The fourth-order valence-corrected chi connectivity index (χ4v) is 2.45. The second-order valence-corrected chi connectivity index (χ2v) is 6.52. The number of nitrogens with zero attached hydrogens (tertiary/aromatic N) is 1. The topological polar surface area (TPSA) is 71.9 Å². The van der Waals surface area contributed by atoms with E-state index in [1.54, 1.807) is 36.6 Å². The molecule has 140 valence electrons. The third-order valence-corrected chi connectivity index (χ3v) is 4.29. The maximum Gasteiger partial charge on any atom is 0.187 e. The van der Waals surface area contributed by atoms with Gasteiger partial charge in [-0.25, -0.2) is 0 Å². The van der Waals surface area contributed by atoms with E-state index in [-0.39, 0.29) is 6.61 Å². The number of hydrazone groups is 1. The van der Waals surface area contributed by atoms with Gasteiger partial charge in [-0.2, -0.15) is 5.10 Å². The summed E-state index contributed by atoms with van der Waals surface area (Å²) in [4.78, 5) is 0. The van der Waals surface area contributed by atoms with Crippen molar-refractivity contribution in [3.8, 4) is 5.75 Å². The van der Waals surface area contributed by atoms with Crippen LogP contribution in [0.2, 0.25) is 10.0 Å². The quantitative estimate of drug-likeness (QED) is 0.324. The van der Waals surface area contributed by atoms with Crippen LogP contribution in [0.15, 0.2) is 62.7 Å². The molecule has 0 saturated heterocycles. The van der Waals surface area contributed by atoms with Gasteiger partial charge in [-0.05, 0) is 48.6 Å². The third-order valence-electron chi connectivity index (χ3n) is 3.32. The molecule has 0 aliphatic rings. The number of thiocarbonyl (C=S) groups is 1. The monoisotopic (exact) mass is 423 g/mol. The summed E-state index contributed by atoms with van der Waals surface area (Å²) in [6.45, 7) is 0.730. The smallest absolute Gasteiger partial charge is 0.187 e. The fraction of sp³-hybridized carbons (Fsp3) is 0.111. The Bertz CT molecular complexity index is 926. The first-order valence-corrected chi connectivity index (χ1v) is 9.02. The third kappa shape index (κ3) is 6.02. The van der Waals surface area contributed by atoms with Crippen LogP contribution in [0.1, 0.15) is 17.3 Å². The van der Waals surface area contributed by atoms with Gasteiger partial charge in [0.15, 0.2) is 5.11 Å². The molecule has 1 aromatic carbocycles. The van der Waals surface area contributed by atoms with Gasteiger partial charge in [0.25, 0.3) is 0 Å². The zero-order valence-electron chi connectivity index (χ0n) is 13.9. The summed E-state index contributed by atoms with van der Waals surface area (Å²) in [6.07, 6.45) is 3.12. The summed E-state index contributed by atoms with van der Waals surface area (Å²) in [5.41, 5.74) is 2.70. The van der Waals surface area contributed by atoms with Gasteiger partial charge in [-0.3, -0.25) is 5.43 Å². The average molecular weight is 424 g/mol. The number of nitrogens with one attached hydrogen (secondary N) is 2. The lowest BCUT2D eigenvalue weighted by atomic mass is 10.3. The Morgan fingerprint density at radius 2 is 2.04 bits per heavy atom. The standard InChI is InChI=1S/C18H15Cl2N3O3S/c19-16-6-5-12(8-17(16)20)25-11-15-4-3-14(26-15)10-22-23-18(27)21-9-13-2-1-7-24-13/h1-8,10H,9,11H2,(H2,21,23,27)/b22-10+. The number of benzene rings is 1. The molecule has 2 aromatic heterocycles. The van der Waals surface area contributed by atoms with Gasteiger partial charge in [0.05, 0.1) is 29.1 Å². The van der Waals surface area contributed by atoms with E-state index in [0.29, 0.717) is 39.0 Å². The lowest BCUT2D eigenvalue weighted by molar-refractivity contribution is 0.270. The van der Waals surface area contributed by atoms with Crippen molar-refractivity contribution in [2.45, 2.75) is 13.2 Å². The van der Waals surface area contributed by atoms with Crippen molar-refractivity contribution in [1.82, 2.24) is 10.7 Å². The summed E-state index contributed by atoms with van der Waals surface area (Å²) in [5.74, 6) is 2.58. The number of hydrogen-bond donors (Lipinski definition) is 2. The first kappa shape index (κ1) is 19.3. The van der Waals surface area contributed by atoms with E-state index in [1.165, 1.54) is 6.21 Å². The predicted molar refractivity (Wildman–Crippen MR) is 108 cm³/mol. The van der Waals surface area contributed by atoms with Crippen LogP contribution in [-0.4, -0.2) is 11.3 Å². The molecule has 6 nitrogen and oxygen atoms in total. The molecular formula is C18H15Cl2N3O3S. The highest BCUT2D eigenvalue weighted by Crippen LogP contribution is 2.26. The van der Waals surface area contributed by atoms with Crippen LogP contribution in [0.5, 0.6) is 5.75 Å². The minimum absolute atomic E-state index is 0.252. The minimum atomic E-state index is 0.252. The first-order chi connectivity index (χ1) is 13.1. The Morgan fingerprint density at radius 3 is 2.81 bits per heavy atom. The second kappa shape index (κ2) is 9.45. The highest BCUT2D eigenvalue weighted by atomic mass is 35.5. The molecule has 0 spiro atoms. The number of rotatable bonds is 7. The van der Waals surface area contributed by atoms with Crippen LogP contribution < -0.4 is 15.5 Å². The summed E-state index contributed by atoms with van der Waals surface area (Å²) in [7, 11) is 0. The van der Waals surface area contributed by atoms with E-state index in [1.807, 2.05) is 12.1 Å². The Hall–Kier alpha value is -2.48. The van der Waals surface area contributed by atoms with Crippen LogP contribution in [0.4, 0.5) is 0 Å². The molecule has 0 fully saturated rings. The van der Waals surface area contributed by atoms with Gasteiger partial charge in [0, 0.05) is 6.07 Å². The second-order valence-electron chi connectivity index (χ2n) is 5.30. The van der Waals surface area contributed by atoms with Crippen molar-refractivity contribution in [3.05, 3.63) is 76.1 Å². The van der Waals surface area contributed by atoms with Crippen molar-refractivity contribution < 1.29 is 13.6 Å². The number of ether oxygens (including phenoxy) is 1. The molecule has 3 rings (SSSR count). The molecule has 0 bridgehead atoms. The Labute approximate surface area is 171 Å². The van der Waals surface area contributed by atoms with Crippen LogP contribution in [-0.2, 0) is 13.2 Å². The maximum absolute atomic E-state index is 5.95. The van der Waals surface area contributed by atoms with Crippen molar-refractivity contribution in [3.63, 3.8) is 0 Å². The molecule has 0 saturated carbocycles. The van der Waals surface area contributed by atoms with Gasteiger partial charge in [0.1, 0.15) is 29.6 Å². The van der Waals surface area contributed by atoms with Gasteiger partial charge < -0.3 is 18.9 Å². The highest BCUT2D eigenvalue weighted by Gasteiger charge is 2.04. The van der Waals surface area contributed by atoms with Crippen molar-refractivity contribution in [2.24, 2.45) is 5.10 Å². The Morgan fingerprint density at radius 1 is 1.15 bits per heavy atom. The molecule has 0 aliphatic heterocycles. The van der Waals surface area contributed by atoms with Crippen molar-refractivity contribution >= 4 is 46.7 Å². The molecule has 0 atom stereocenters. The zero-order chi connectivity index (χ0) is 19.1. The van der Waals surface area contributed by atoms with E-state index >= 15 is 0 Å². The van der Waals surface area contributed by atoms with E-state index in [9.17, 15) is 0 Å². The lowest BCUT2D eigenvalue weighted by Gasteiger charge is -2.05. The summed E-state index contributed by atoms with van der Waals surface area (Å²) in [5, 5.41) is 8.27. The van der Waals surface area contributed by atoms with E-state index in [4.69, 9.17) is 49.0 Å². The van der Waals surface area contributed by atoms with Gasteiger partial charge in [-0.1, -0.05) is 23.2 Å². The van der Waals surface area contributed by atoms with Gasteiger partial charge in [-0.15, -0.1) is 0 Å². The molecule has 3 aromatic rings. The summed E-state index contributed by atoms with van der Waals surface area (Å²) >= 11 is 16.9. The van der Waals surface area contributed by atoms with Crippen molar-refractivity contribution in [2.75, 3.05) is 0 Å². The lowest BCUT2D eigenvalue weighted by Crippen LogP contribution is -2.31. The fourth-order valence-electron chi connectivity index (χ4n) is 2.04. The largest absolute Gasteiger partial charge is 0.486 e. The van der Waals surface area contributed by atoms with Crippen molar-refractivity contribution in [1.29, 1.82) is 0 Å².